The van der Waals surface area contributed by atoms with Crippen molar-refractivity contribution < 1.29 is 23.9 Å². The van der Waals surface area contributed by atoms with Crippen LogP contribution in [0.2, 0.25) is 0 Å². The van der Waals surface area contributed by atoms with Gasteiger partial charge >= 0.3 is 0 Å². The maximum atomic E-state index is 13.0. The molecule has 4 aliphatic carbocycles. The molecule has 1 N–H and O–H groups in total. The highest BCUT2D eigenvalue weighted by atomic mass is 16.5. The largest absolute Gasteiger partial charge is 0.497 e. The average Bonchev–Trinajstić information content (AvgIpc) is 3.49. The fraction of sp³-hybridized carbons (Fsp3) is 0.476. The lowest BCUT2D eigenvalue weighted by molar-refractivity contribution is -0.142. The van der Waals surface area contributed by atoms with Crippen LogP contribution in [0.15, 0.2) is 30.4 Å². The molecule has 2 bridgehead atoms. The average molecular weight is 382 g/mol. The van der Waals surface area contributed by atoms with E-state index in [1.165, 1.54) is 14.2 Å². The van der Waals surface area contributed by atoms with Crippen LogP contribution in [-0.2, 0) is 14.4 Å². The van der Waals surface area contributed by atoms with E-state index in [2.05, 4.69) is 17.5 Å². The summed E-state index contributed by atoms with van der Waals surface area (Å²) in [5.74, 6) is 1.03. The summed E-state index contributed by atoms with van der Waals surface area (Å²) in [5.41, 5.74) is 0.436. The first-order valence-corrected chi connectivity index (χ1v) is 9.59. The maximum absolute atomic E-state index is 13.0. The molecule has 1 aromatic carbocycles. The van der Waals surface area contributed by atoms with Crippen LogP contribution in [-0.4, -0.2) is 43.4 Å². The molecule has 0 aromatic heterocycles. The molecule has 1 heterocycles. The van der Waals surface area contributed by atoms with Gasteiger partial charge in [-0.05, 0) is 42.2 Å². The van der Waals surface area contributed by atoms with Crippen molar-refractivity contribution in [3.05, 3.63) is 30.4 Å². The summed E-state index contributed by atoms with van der Waals surface area (Å²) in [6.07, 6.45) is 5.36. The van der Waals surface area contributed by atoms with Gasteiger partial charge in [0, 0.05) is 6.07 Å². The van der Waals surface area contributed by atoms with Crippen LogP contribution in [0.5, 0.6) is 11.5 Å². The van der Waals surface area contributed by atoms with Crippen molar-refractivity contribution in [2.45, 2.75) is 6.42 Å². The fourth-order valence-corrected chi connectivity index (χ4v) is 5.42. The number of carbonyl (C=O) groups excluding carboxylic acids is 3. The van der Waals surface area contributed by atoms with Gasteiger partial charge in [0.15, 0.2) is 0 Å². The van der Waals surface area contributed by atoms with E-state index in [-0.39, 0.29) is 42.0 Å². The molecule has 1 aliphatic heterocycles. The van der Waals surface area contributed by atoms with Crippen LogP contribution < -0.4 is 14.8 Å². The number of carbonyl (C=O) groups is 3. The number of benzene rings is 1. The Morgan fingerprint density at radius 2 is 1.71 bits per heavy atom. The monoisotopic (exact) mass is 382 g/mol. The Balaban J connectivity index is 1.33. The van der Waals surface area contributed by atoms with Gasteiger partial charge in [0.1, 0.15) is 18.0 Å². The molecule has 3 fully saturated rings. The Morgan fingerprint density at radius 3 is 2.29 bits per heavy atom. The van der Waals surface area contributed by atoms with E-state index in [4.69, 9.17) is 9.47 Å². The molecule has 1 saturated heterocycles. The third-order valence-corrected chi connectivity index (χ3v) is 6.74. The van der Waals surface area contributed by atoms with E-state index >= 15 is 0 Å². The first kappa shape index (κ1) is 17.3. The number of methoxy groups -OCH3 is 2. The van der Waals surface area contributed by atoms with Crippen LogP contribution in [0.25, 0.3) is 0 Å². The van der Waals surface area contributed by atoms with Crippen LogP contribution in [0.1, 0.15) is 6.42 Å². The van der Waals surface area contributed by atoms with Gasteiger partial charge in [0.05, 0.1) is 31.7 Å². The Morgan fingerprint density at radius 1 is 1.07 bits per heavy atom. The minimum absolute atomic E-state index is 0.156. The summed E-state index contributed by atoms with van der Waals surface area (Å²) in [4.78, 5) is 39.7. The quantitative estimate of drug-likeness (QED) is 0.619. The minimum atomic E-state index is -0.433. The number of ether oxygens (including phenoxy) is 2. The van der Waals surface area contributed by atoms with E-state index in [0.717, 1.165) is 11.3 Å². The lowest BCUT2D eigenvalue weighted by atomic mass is 9.63. The molecule has 0 radical (unpaired) electrons. The Kier molecular flexibility index (Phi) is 3.76. The van der Waals surface area contributed by atoms with Crippen molar-refractivity contribution in [3.63, 3.8) is 0 Å². The Bertz CT molecular complexity index is 874. The number of hydrogen-bond donors (Lipinski definition) is 1. The second-order valence-electron chi connectivity index (χ2n) is 8.03. The van der Waals surface area contributed by atoms with Crippen molar-refractivity contribution in [2.24, 2.45) is 35.5 Å². The van der Waals surface area contributed by atoms with Crippen LogP contribution in [0, 0.1) is 35.5 Å². The SMILES string of the molecule is COc1ccc(OC)c(NC(=O)CN2C(=O)[C@H]3[C@@H]4C=C[C@H]([C@H]5C[C@H]45)[C@@H]3C2=O)c1. The number of likely N-dealkylation sites (tertiary alicyclic amines) is 1. The van der Waals surface area contributed by atoms with Gasteiger partial charge in [0.25, 0.3) is 0 Å². The number of hydrogen-bond acceptors (Lipinski definition) is 5. The molecule has 1 aromatic rings. The molecule has 28 heavy (non-hydrogen) atoms. The molecule has 2 saturated carbocycles. The topological polar surface area (TPSA) is 84.9 Å². The van der Waals surface area contributed by atoms with Gasteiger partial charge in [-0.1, -0.05) is 12.2 Å². The first-order valence-electron chi connectivity index (χ1n) is 9.59. The van der Waals surface area contributed by atoms with Gasteiger partial charge in [-0.2, -0.15) is 0 Å². The normalized spacial score (nSPS) is 34.1. The van der Waals surface area contributed by atoms with E-state index in [0.29, 0.717) is 29.0 Å². The third-order valence-electron chi connectivity index (χ3n) is 6.74. The van der Waals surface area contributed by atoms with Gasteiger partial charge in [0.2, 0.25) is 17.7 Å². The van der Waals surface area contributed by atoms with E-state index < -0.39 is 5.91 Å². The van der Waals surface area contributed by atoms with E-state index in [9.17, 15) is 14.4 Å². The number of allylic oxidation sites excluding steroid dienone is 2. The molecule has 6 rings (SSSR count). The predicted molar refractivity (Wildman–Crippen MR) is 99.6 cm³/mol. The van der Waals surface area contributed by atoms with Crippen molar-refractivity contribution in [1.29, 1.82) is 0 Å². The second kappa shape index (κ2) is 6.09. The van der Waals surface area contributed by atoms with Crippen molar-refractivity contribution in [2.75, 3.05) is 26.1 Å². The number of nitrogens with zero attached hydrogens (tertiary/aromatic N) is 1. The van der Waals surface area contributed by atoms with Gasteiger partial charge < -0.3 is 14.8 Å². The highest BCUT2D eigenvalue weighted by Gasteiger charge is 2.67. The van der Waals surface area contributed by atoms with Gasteiger partial charge in [-0.25, -0.2) is 0 Å². The molecule has 0 spiro atoms. The molecule has 3 amide bonds. The Labute approximate surface area is 162 Å². The van der Waals surface area contributed by atoms with Gasteiger partial charge in [-0.15, -0.1) is 0 Å². The molecule has 5 aliphatic rings. The maximum Gasteiger partial charge on any atom is 0.244 e. The molecular weight excluding hydrogens is 360 g/mol. The molecule has 146 valence electrons. The smallest absolute Gasteiger partial charge is 0.244 e. The molecule has 6 atom stereocenters. The highest BCUT2D eigenvalue weighted by molar-refractivity contribution is 6.09. The zero-order chi connectivity index (χ0) is 19.6. The summed E-state index contributed by atoms with van der Waals surface area (Å²) in [6, 6.07) is 5.05. The molecular formula is C21H22N2O5. The third kappa shape index (κ3) is 2.38. The zero-order valence-corrected chi connectivity index (χ0v) is 15.8. The minimum Gasteiger partial charge on any atom is -0.497 e. The highest BCUT2D eigenvalue weighted by Crippen LogP contribution is 2.65. The number of amides is 3. The standard InChI is InChI=1S/C21H22N2O5/c1-27-10-3-6-16(28-2)15(7-10)22-17(24)9-23-20(25)18-11-4-5-12(14-8-13(11)14)19(18)21(23)26/h3-7,11-14,18-19H,8-9H2,1-2H3,(H,22,24)/t11-,12-,13-,14-,18+,19+/m1/s1. The van der Waals surface area contributed by atoms with Gasteiger partial charge in [-0.3, -0.25) is 19.3 Å². The number of nitrogens with one attached hydrogen (secondary N) is 1. The van der Waals surface area contributed by atoms with E-state index in [1.807, 2.05) is 0 Å². The first-order chi connectivity index (χ1) is 13.5. The lowest BCUT2D eigenvalue weighted by Gasteiger charge is -2.37. The van der Waals surface area contributed by atoms with Crippen molar-refractivity contribution in [3.8, 4) is 11.5 Å². The summed E-state index contributed by atoms with van der Waals surface area (Å²) in [7, 11) is 3.04. The Hall–Kier alpha value is -2.83. The summed E-state index contributed by atoms with van der Waals surface area (Å²) in [5, 5.41) is 2.74. The van der Waals surface area contributed by atoms with E-state index in [1.54, 1.807) is 18.2 Å². The molecule has 7 heteroatoms. The molecule has 7 nitrogen and oxygen atoms in total. The lowest BCUT2D eigenvalue weighted by Crippen LogP contribution is -2.40. The van der Waals surface area contributed by atoms with Crippen molar-refractivity contribution >= 4 is 23.4 Å². The predicted octanol–water partition coefficient (Wildman–Crippen LogP) is 1.70. The van der Waals surface area contributed by atoms with Crippen LogP contribution in [0.3, 0.4) is 0 Å². The fourth-order valence-electron chi connectivity index (χ4n) is 5.42. The second-order valence-corrected chi connectivity index (χ2v) is 8.03. The number of anilines is 1. The van der Waals surface area contributed by atoms with Crippen LogP contribution in [0.4, 0.5) is 5.69 Å². The van der Waals surface area contributed by atoms with Crippen LogP contribution >= 0.6 is 0 Å². The summed E-state index contributed by atoms with van der Waals surface area (Å²) < 4.78 is 10.4. The van der Waals surface area contributed by atoms with Crippen molar-refractivity contribution in [1.82, 2.24) is 4.90 Å². The molecule has 0 unspecified atom stereocenters. The summed E-state index contributed by atoms with van der Waals surface area (Å²) >= 11 is 0. The number of imide groups is 1. The number of rotatable bonds is 5. The zero-order valence-electron chi connectivity index (χ0n) is 15.8. The summed E-state index contributed by atoms with van der Waals surface area (Å²) in [6.45, 7) is -0.278.